The first-order chi connectivity index (χ1) is 7.99. The van der Waals surface area contributed by atoms with Gasteiger partial charge in [-0.3, -0.25) is 0 Å². The lowest BCUT2D eigenvalue weighted by atomic mass is 10.0. The van der Waals surface area contributed by atoms with E-state index in [1.165, 1.54) is 19.3 Å². The molecule has 1 nitrogen and oxygen atoms in total. The first-order valence-corrected chi connectivity index (χ1v) is 6.79. The second kappa shape index (κ2) is 9.75. The lowest BCUT2D eigenvalue weighted by Gasteiger charge is -2.18. The number of unbranched alkanes of at least 4 members (excludes halogenated alkanes) is 3. The Morgan fingerprint density at radius 3 is 2.12 bits per heavy atom. The van der Waals surface area contributed by atoms with E-state index in [2.05, 4.69) is 12.2 Å². The Kier molecular flexibility index (Phi) is 9.60. The van der Waals surface area contributed by atoms with Crippen molar-refractivity contribution in [1.29, 1.82) is 0 Å². The molecule has 0 aliphatic rings. The van der Waals surface area contributed by atoms with Crippen LogP contribution < -0.4 is 5.32 Å². The van der Waals surface area contributed by atoms with Crippen LogP contribution in [0.2, 0.25) is 0 Å². The minimum absolute atomic E-state index is 0.245. The molecule has 17 heavy (non-hydrogen) atoms. The molecule has 1 N–H and O–H groups in total. The molecule has 0 aliphatic heterocycles. The Morgan fingerprint density at radius 1 is 0.941 bits per heavy atom. The van der Waals surface area contributed by atoms with Crippen molar-refractivity contribution in [3.63, 3.8) is 0 Å². The van der Waals surface area contributed by atoms with Gasteiger partial charge in [-0.1, -0.05) is 39.5 Å². The Bertz CT molecular complexity index is 169. The Balaban J connectivity index is 3.66. The molecule has 0 amide bonds. The first-order valence-electron chi connectivity index (χ1n) is 6.79. The van der Waals surface area contributed by atoms with Gasteiger partial charge >= 0.3 is 6.18 Å². The molecule has 0 radical (unpaired) electrons. The summed E-state index contributed by atoms with van der Waals surface area (Å²) in [6.07, 6.45) is 1.97. The minimum atomic E-state index is -4.00. The van der Waals surface area contributed by atoms with Crippen molar-refractivity contribution in [2.45, 2.75) is 77.4 Å². The highest BCUT2D eigenvalue weighted by Crippen LogP contribution is 2.23. The van der Waals surface area contributed by atoms with E-state index in [0.29, 0.717) is 6.42 Å². The van der Waals surface area contributed by atoms with Crippen LogP contribution in [0.5, 0.6) is 0 Å². The quantitative estimate of drug-likeness (QED) is 0.558. The molecule has 0 bridgehead atoms. The van der Waals surface area contributed by atoms with Crippen LogP contribution in [0.15, 0.2) is 0 Å². The Labute approximate surface area is 103 Å². The second-order valence-corrected chi connectivity index (χ2v) is 4.61. The summed E-state index contributed by atoms with van der Waals surface area (Å²) in [5, 5.41) is 3.28. The van der Waals surface area contributed by atoms with Gasteiger partial charge in [-0.25, -0.2) is 0 Å². The molecule has 0 heterocycles. The predicted octanol–water partition coefficient (Wildman–Crippen LogP) is 4.67. The lowest BCUT2D eigenvalue weighted by Crippen LogP contribution is -2.29. The summed E-state index contributed by atoms with van der Waals surface area (Å²) in [5.41, 5.74) is 0. The molecule has 4 heteroatoms. The second-order valence-electron chi connectivity index (χ2n) is 4.61. The van der Waals surface area contributed by atoms with Gasteiger partial charge in [0, 0.05) is 12.5 Å². The van der Waals surface area contributed by atoms with Crippen LogP contribution in [0.1, 0.15) is 65.2 Å². The molecule has 0 rings (SSSR count). The van der Waals surface area contributed by atoms with Gasteiger partial charge in [0.2, 0.25) is 0 Å². The third-order valence-electron chi connectivity index (χ3n) is 2.91. The van der Waals surface area contributed by atoms with Crippen LogP contribution in [0.3, 0.4) is 0 Å². The summed E-state index contributed by atoms with van der Waals surface area (Å²) in [4.78, 5) is 0. The largest absolute Gasteiger partial charge is 0.389 e. The van der Waals surface area contributed by atoms with Crippen LogP contribution in [0.4, 0.5) is 13.2 Å². The van der Waals surface area contributed by atoms with E-state index in [9.17, 15) is 13.2 Å². The van der Waals surface area contributed by atoms with E-state index in [0.717, 1.165) is 19.4 Å². The van der Waals surface area contributed by atoms with Crippen LogP contribution in [0.25, 0.3) is 0 Å². The average Bonchev–Trinajstić information content (AvgIpc) is 2.22. The van der Waals surface area contributed by atoms with E-state index in [4.69, 9.17) is 0 Å². The van der Waals surface area contributed by atoms with E-state index in [1.54, 1.807) is 0 Å². The summed E-state index contributed by atoms with van der Waals surface area (Å²) in [5.74, 6) is 0. The monoisotopic (exact) mass is 253 g/mol. The summed E-state index contributed by atoms with van der Waals surface area (Å²) < 4.78 is 36.1. The van der Waals surface area contributed by atoms with E-state index in [-0.39, 0.29) is 12.5 Å². The van der Waals surface area contributed by atoms with Crippen LogP contribution in [0, 0.1) is 0 Å². The fourth-order valence-corrected chi connectivity index (χ4v) is 2.00. The van der Waals surface area contributed by atoms with Gasteiger partial charge in [-0.15, -0.1) is 0 Å². The van der Waals surface area contributed by atoms with Gasteiger partial charge in [0.15, 0.2) is 0 Å². The highest BCUT2D eigenvalue weighted by atomic mass is 19.4. The molecule has 0 spiro atoms. The van der Waals surface area contributed by atoms with Crippen molar-refractivity contribution in [2.24, 2.45) is 0 Å². The van der Waals surface area contributed by atoms with Gasteiger partial charge < -0.3 is 5.32 Å². The van der Waals surface area contributed by atoms with E-state index < -0.39 is 12.6 Å². The van der Waals surface area contributed by atoms with E-state index >= 15 is 0 Å². The van der Waals surface area contributed by atoms with E-state index in [1.807, 2.05) is 6.92 Å². The third kappa shape index (κ3) is 12.0. The molecule has 104 valence electrons. The molecule has 0 fully saturated rings. The maximum atomic E-state index is 12.0. The normalized spacial score (nSPS) is 13.9. The molecular weight excluding hydrogens is 227 g/mol. The van der Waals surface area contributed by atoms with Crippen molar-refractivity contribution < 1.29 is 13.2 Å². The average molecular weight is 253 g/mol. The molecule has 0 aromatic carbocycles. The van der Waals surface area contributed by atoms with Crippen molar-refractivity contribution in [3.05, 3.63) is 0 Å². The zero-order valence-corrected chi connectivity index (χ0v) is 11.1. The maximum absolute atomic E-state index is 12.0. The SMILES string of the molecule is CCCCCCC(CCCC(F)(F)F)NCC. The molecule has 0 saturated carbocycles. The number of rotatable bonds is 10. The fourth-order valence-electron chi connectivity index (χ4n) is 2.00. The summed E-state index contributed by atoms with van der Waals surface area (Å²) in [7, 11) is 0. The lowest BCUT2D eigenvalue weighted by molar-refractivity contribution is -0.135. The van der Waals surface area contributed by atoms with Crippen molar-refractivity contribution in [2.75, 3.05) is 6.54 Å². The first kappa shape index (κ1) is 16.8. The number of halogens is 3. The van der Waals surface area contributed by atoms with Crippen molar-refractivity contribution in [1.82, 2.24) is 5.32 Å². The van der Waals surface area contributed by atoms with Crippen molar-refractivity contribution in [3.8, 4) is 0 Å². The van der Waals surface area contributed by atoms with Gasteiger partial charge in [-0.05, 0) is 25.8 Å². The zero-order valence-electron chi connectivity index (χ0n) is 11.1. The molecule has 0 aromatic rings. The predicted molar refractivity (Wildman–Crippen MR) is 66.1 cm³/mol. The highest BCUT2D eigenvalue weighted by Gasteiger charge is 2.26. The number of hydrogen-bond acceptors (Lipinski definition) is 1. The van der Waals surface area contributed by atoms with Gasteiger partial charge in [0.25, 0.3) is 0 Å². The van der Waals surface area contributed by atoms with Crippen LogP contribution >= 0.6 is 0 Å². The molecule has 0 saturated heterocycles. The van der Waals surface area contributed by atoms with Crippen LogP contribution in [-0.4, -0.2) is 18.8 Å². The molecule has 0 aliphatic carbocycles. The molecule has 0 aromatic heterocycles. The zero-order chi connectivity index (χ0) is 13.1. The van der Waals surface area contributed by atoms with Gasteiger partial charge in [0.05, 0.1) is 0 Å². The summed E-state index contributed by atoms with van der Waals surface area (Å²) in [6, 6.07) is 0.263. The van der Waals surface area contributed by atoms with Crippen LogP contribution in [-0.2, 0) is 0 Å². The number of nitrogens with one attached hydrogen (secondary N) is 1. The minimum Gasteiger partial charge on any atom is -0.314 e. The number of alkyl halides is 3. The third-order valence-corrected chi connectivity index (χ3v) is 2.91. The topological polar surface area (TPSA) is 12.0 Å². The highest BCUT2D eigenvalue weighted by molar-refractivity contribution is 4.67. The fraction of sp³-hybridized carbons (Fsp3) is 1.00. The molecular formula is C13H26F3N. The maximum Gasteiger partial charge on any atom is 0.389 e. The summed E-state index contributed by atoms with van der Waals surface area (Å²) >= 11 is 0. The van der Waals surface area contributed by atoms with Gasteiger partial charge in [-0.2, -0.15) is 13.2 Å². The molecule has 1 unspecified atom stereocenters. The van der Waals surface area contributed by atoms with Crippen molar-refractivity contribution >= 4 is 0 Å². The Hall–Kier alpha value is -0.250. The Morgan fingerprint density at radius 2 is 1.59 bits per heavy atom. The number of hydrogen-bond donors (Lipinski definition) is 1. The van der Waals surface area contributed by atoms with Gasteiger partial charge in [0.1, 0.15) is 0 Å². The summed E-state index contributed by atoms with van der Waals surface area (Å²) in [6.45, 7) is 5.00. The standard InChI is InChI=1S/C13H26F3N/c1-3-5-6-7-9-12(17-4-2)10-8-11-13(14,15)16/h12,17H,3-11H2,1-2H3. The molecule has 1 atom stereocenters. The smallest absolute Gasteiger partial charge is 0.314 e.